The molecule has 0 saturated heterocycles. The normalized spacial score (nSPS) is 18.6. The molecule has 0 fully saturated rings. The lowest BCUT2D eigenvalue weighted by atomic mass is 9.67. The maximum absolute atomic E-state index is 10.7. The zero-order valence-electron chi connectivity index (χ0n) is 11.9. The second kappa shape index (κ2) is 6.88. The van der Waals surface area contributed by atoms with Crippen LogP contribution in [0.25, 0.3) is 0 Å². The number of hydrogen-bond acceptors (Lipinski definition) is 1. The second-order valence-corrected chi connectivity index (χ2v) is 5.23. The Kier molecular flexibility index (Phi) is 6.62. The Hall–Kier alpha value is -0.590. The maximum atomic E-state index is 10.7. The summed E-state index contributed by atoms with van der Waals surface area (Å²) >= 11 is 0. The van der Waals surface area contributed by atoms with Gasteiger partial charge in [0.25, 0.3) is 0 Å². The van der Waals surface area contributed by atoms with E-state index in [4.69, 9.17) is 0 Å². The van der Waals surface area contributed by atoms with Crippen molar-refractivity contribution in [3.05, 3.63) is 11.1 Å². The average Bonchev–Trinajstić information content (AvgIpc) is 2.27. The summed E-state index contributed by atoms with van der Waals surface area (Å²) in [7, 11) is 0. The van der Waals surface area contributed by atoms with Crippen LogP contribution in [0.3, 0.4) is 0 Å². The van der Waals surface area contributed by atoms with Gasteiger partial charge < -0.3 is 4.79 Å². The van der Waals surface area contributed by atoms with Gasteiger partial charge in [-0.15, -0.1) is 0 Å². The van der Waals surface area contributed by atoms with E-state index in [1.807, 2.05) is 0 Å². The van der Waals surface area contributed by atoms with Gasteiger partial charge in [-0.1, -0.05) is 45.3 Å². The molecule has 1 nitrogen and oxygen atoms in total. The Morgan fingerprint density at radius 1 is 1.31 bits per heavy atom. The highest BCUT2D eigenvalue weighted by Gasteiger charge is 2.32. The molecule has 0 amide bonds. The Labute approximate surface area is 101 Å². The van der Waals surface area contributed by atoms with Crippen LogP contribution >= 0.6 is 0 Å². The first kappa shape index (κ1) is 15.4. The molecule has 0 aromatic carbocycles. The maximum Gasteiger partial charge on any atom is 0.120 e. The summed E-state index contributed by atoms with van der Waals surface area (Å²) in [5.74, 6) is 0.437. The summed E-state index contributed by atoms with van der Waals surface area (Å²) in [6, 6.07) is 0. The van der Waals surface area contributed by atoms with Crippen LogP contribution in [0.15, 0.2) is 11.1 Å². The van der Waals surface area contributed by atoms with E-state index < -0.39 is 0 Å². The number of allylic oxidation sites excluding steroid dienone is 2. The first-order valence-corrected chi connectivity index (χ1v) is 6.54. The Balaban J connectivity index is 5.16. The first-order valence-electron chi connectivity index (χ1n) is 6.54. The number of hydrogen-bond donors (Lipinski definition) is 0. The van der Waals surface area contributed by atoms with E-state index >= 15 is 0 Å². The molecule has 0 aromatic rings. The first-order chi connectivity index (χ1) is 7.43. The quantitative estimate of drug-likeness (QED) is 0.450. The SMILES string of the molecule is CCCC(C)(C(C)=C(C)CC)C(C)CC=O. The van der Waals surface area contributed by atoms with Crippen LogP contribution in [0, 0.1) is 11.3 Å². The molecule has 0 aliphatic rings. The second-order valence-electron chi connectivity index (χ2n) is 5.23. The lowest BCUT2D eigenvalue weighted by Crippen LogP contribution is -2.28. The van der Waals surface area contributed by atoms with Crippen molar-refractivity contribution in [2.45, 2.75) is 67.2 Å². The zero-order valence-corrected chi connectivity index (χ0v) is 11.9. The van der Waals surface area contributed by atoms with E-state index in [0.717, 1.165) is 12.7 Å². The van der Waals surface area contributed by atoms with Crippen molar-refractivity contribution >= 4 is 6.29 Å². The molecule has 0 bridgehead atoms. The predicted octanol–water partition coefficient (Wildman–Crippen LogP) is 4.76. The molecule has 0 aliphatic carbocycles. The molecule has 0 spiro atoms. The van der Waals surface area contributed by atoms with Crippen molar-refractivity contribution in [2.75, 3.05) is 0 Å². The van der Waals surface area contributed by atoms with Gasteiger partial charge in [-0.05, 0) is 38.0 Å². The fraction of sp³-hybridized carbons (Fsp3) is 0.800. The van der Waals surface area contributed by atoms with E-state index in [2.05, 4.69) is 41.5 Å². The third-order valence-electron chi connectivity index (χ3n) is 4.33. The van der Waals surface area contributed by atoms with Gasteiger partial charge in [0, 0.05) is 6.42 Å². The van der Waals surface area contributed by atoms with Gasteiger partial charge in [-0.2, -0.15) is 0 Å². The molecule has 94 valence electrons. The van der Waals surface area contributed by atoms with Crippen molar-refractivity contribution in [1.82, 2.24) is 0 Å². The van der Waals surface area contributed by atoms with Gasteiger partial charge in [0.15, 0.2) is 0 Å². The molecule has 0 aromatic heterocycles. The van der Waals surface area contributed by atoms with E-state index in [1.165, 1.54) is 24.0 Å². The smallest absolute Gasteiger partial charge is 0.120 e. The standard InChI is InChI=1S/C15H28O/c1-7-10-15(6,13(4)9-11-16)14(5)12(3)8-2/h11,13H,7-10H2,1-6H3. The minimum absolute atomic E-state index is 0.190. The highest BCUT2D eigenvalue weighted by atomic mass is 16.1. The highest BCUT2D eigenvalue weighted by molar-refractivity contribution is 5.50. The summed E-state index contributed by atoms with van der Waals surface area (Å²) in [6.07, 6.45) is 5.19. The monoisotopic (exact) mass is 224 g/mol. The van der Waals surface area contributed by atoms with E-state index in [-0.39, 0.29) is 5.41 Å². The molecule has 0 heterocycles. The van der Waals surface area contributed by atoms with Crippen LogP contribution < -0.4 is 0 Å². The number of carbonyl (C=O) groups excluding carboxylic acids is 1. The molecule has 0 aliphatic heterocycles. The largest absolute Gasteiger partial charge is 0.303 e. The number of aldehydes is 1. The van der Waals surface area contributed by atoms with Crippen LogP contribution in [0.5, 0.6) is 0 Å². The zero-order chi connectivity index (χ0) is 12.8. The fourth-order valence-electron chi connectivity index (χ4n) is 2.48. The number of carbonyl (C=O) groups is 1. The minimum Gasteiger partial charge on any atom is -0.303 e. The molecular formula is C15H28O. The molecule has 2 unspecified atom stereocenters. The van der Waals surface area contributed by atoms with Gasteiger partial charge in [0.2, 0.25) is 0 Å². The summed E-state index contributed by atoms with van der Waals surface area (Å²) in [5, 5.41) is 0. The summed E-state index contributed by atoms with van der Waals surface area (Å²) in [5.41, 5.74) is 3.16. The Morgan fingerprint density at radius 2 is 1.88 bits per heavy atom. The molecule has 0 rings (SSSR count). The molecule has 16 heavy (non-hydrogen) atoms. The number of rotatable bonds is 7. The third kappa shape index (κ3) is 3.47. The van der Waals surface area contributed by atoms with Crippen molar-refractivity contribution < 1.29 is 4.79 Å². The van der Waals surface area contributed by atoms with Crippen LogP contribution in [0.2, 0.25) is 0 Å². The Morgan fingerprint density at radius 3 is 2.25 bits per heavy atom. The third-order valence-corrected chi connectivity index (χ3v) is 4.33. The van der Waals surface area contributed by atoms with Crippen molar-refractivity contribution in [3.8, 4) is 0 Å². The summed E-state index contributed by atoms with van der Waals surface area (Å²) in [4.78, 5) is 10.7. The van der Waals surface area contributed by atoms with Crippen LogP contribution in [0.4, 0.5) is 0 Å². The average molecular weight is 224 g/mol. The van der Waals surface area contributed by atoms with Crippen LogP contribution in [-0.2, 0) is 4.79 Å². The van der Waals surface area contributed by atoms with E-state index in [9.17, 15) is 4.79 Å². The fourth-order valence-corrected chi connectivity index (χ4v) is 2.48. The lowest BCUT2D eigenvalue weighted by molar-refractivity contribution is -0.109. The van der Waals surface area contributed by atoms with Gasteiger partial charge in [-0.3, -0.25) is 0 Å². The van der Waals surface area contributed by atoms with Crippen LogP contribution in [-0.4, -0.2) is 6.29 Å². The molecule has 1 heteroatoms. The Bertz CT molecular complexity index is 252. The van der Waals surface area contributed by atoms with Crippen molar-refractivity contribution in [3.63, 3.8) is 0 Å². The van der Waals surface area contributed by atoms with E-state index in [1.54, 1.807) is 0 Å². The lowest BCUT2D eigenvalue weighted by Gasteiger charge is -2.37. The van der Waals surface area contributed by atoms with Crippen molar-refractivity contribution in [1.29, 1.82) is 0 Å². The topological polar surface area (TPSA) is 17.1 Å². The van der Waals surface area contributed by atoms with Crippen LogP contribution in [0.1, 0.15) is 67.2 Å². The minimum atomic E-state index is 0.190. The van der Waals surface area contributed by atoms with Gasteiger partial charge in [-0.25, -0.2) is 0 Å². The van der Waals surface area contributed by atoms with Crippen molar-refractivity contribution in [2.24, 2.45) is 11.3 Å². The highest BCUT2D eigenvalue weighted by Crippen LogP contribution is 2.42. The van der Waals surface area contributed by atoms with Gasteiger partial charge in [0.1, 0.15) is 6.29 Å². The van der Waals surface area contributed by atoms with Gasteiger partial charge >= 0.3 is 0 Å². The molecule has 0 N–H and O–H groups in total. The summed E-state index contributed by atoms with van der Waals surface area (Å²) in [6.45, 7) is 13.4. The van der Waals surface area contributed by atoms with Gasteiger partial charge in [0.05, 0.1) is 0 Å². The molecular weight excluding hydrogens is 196 g/mol. The summed E-state index contributed by atoms with van der Waals surface area (Å²) < 4.78 is 0. The molecule has 2 atom stereocenters. The molecule has 0 radical (unpaired) electrons. The van der Waals surface area contributed by atoms with E-state index in [0.29, 0.717) is 12.3 Å². The predicted molar refractivity (Wildman–Crippen MR) is 71.5 cm³/mol. The molecule has 0 saturated carbocycles.